The number of hydrogen-bond donors (Lipinski definition) is 0. The van der Waals surface area contributed by atoms with Gasteiger partial charge in [-0.25, -0.2) is 0 Å². The van der Waals surface area contributed by atoms with Crippen molar-refractivity contribution in [2.45, 2.75) is 4.90 Å². The number of rotatable bonds is 4. The third-order valence-corrected chi connectivity index (χ3v) is 2.50. The molecule has 0 N–H and O–H groups in total. The van der Waals surface area contributed by atoms with Gasteiger partial charge in [0.1, 0.15) is 5.75 Å². The van der Waals surface area contributed by atoms with E-state index in [2.05, 4.69) is 0 Å². The fraction of sp³-hybridized carbons (Fsp3) is 0.333. The molecule has 0 heterocycles. The third-order valence-electron chi connectivity index (χ3n) is 1.83. The third kappa shape index (κ3) is 2.40. The molecular weight excluding hydrogens is 220 g/mol. The smallest absolute Gasteiger partial charge is 0.175 e. The molecule has 0 radical (unpaired) electrons. The molecule has 0 bridgehead atoms. The summed E-state index contributed by atoms with van der Waals surface area (Å²) in [5.74, 6) is 0.884. The van der Waals surface area contributed by atoms with E-state index in [0.717, 1.165) is 0 Å². The van der Waals surface area contributed by atoms with Crippen LogP contribution in [0.2, 0.25) is 0 Å². The SMILES string of the molecule is COc1cc(OC)c(OC)c(S(=O)[O-])c1. The lowest BCUT2D eigenvalue weighted by molar-refractivity contribution is 0.339. The Morgan fingerprint density at radius 2 is 1.80 bits per heavy atom. The Balaban J connectivity index is 3.39. The molecule has 6 heteroatoms. The highest BCUT2D eigenvalue weighted by atomic mass is 32.2. The van der Waals surface area contributed by atoms with Crippen LogP contribution in [0.4, 0.5) is 0 Å². The van der Waals surface area contributed by atoms with E-state index < -0.39 is 11.1 Å². The molecule has 1 atom stereocenters. The van der Waals surface area contributed by atoms with Gasteiger partial charge in [-0.3, -0.25) is 4.21 Å². The van der Waals surface area contributed by atoms with Crippen molar-refractivity contribution in [1.29, 1.82) is 0 Å². The molecule has 0 saturated heterocycles. The summed E-state index contributed by atoms with van der Waals surface area (Å²) in [7, 11) is 4.24. The first-order valence-electron chi connectivity index (χ1n) is 4.03. The van der Waals surface area contributed by atoms with E-state index in [4.69, 9.17) is 14.2 Å². The maximum Gasteiger partial charge on any atom is 0.175 e. The van der Waals surface area contributed by atoms with Crippen LogP contribution in [0.15, 0.2) is 17.0 Å². The van der Waals surface area contributed by atoms with Crippen LogP contribution in [0, 0.1) is 0 Å². The fourth-order valence-electron chi connectivity index (χ4n) is 1.15. The second kappa shape index (κ2) is 4.99. The molecule has 0 amide bonds. The molecular formula is C9H11O5S-. The molecule has 1 rings (SSSR count). The number of benzene rings is 1. The van der Waals surface area contributed by atoms with Crippen LogP contribution in [0.25, 0.3) is 0 Å². The highest BCUT2D eigenvalue weighted by Gasteiger charge is 2.13. The van der Waals surface area contributed by atoms with E-state index >= 15 is 0 Å². The quantitative estimate of drug-likeness (QED) is 0.722. The van der Waals surface area contributed by atoms with Crippen LogP contribution in [0.3, 0.4) is 0 Å². The zero-order chi connectivity index (χ0) is 11.4. The van der Waals surface area contributed by atoms with Gasteiger partial charge < -0.3 is 18.8 Å². The lowest BCUT2D eigenvalue weighted by Crippen LogP contribution is -1.99. The van der Waals surface area contributed by atoms with E-state index in [1.807, 2.05) is 0 Å². The van der Waals surface area contributed by atoms with Crippen molar-refractivity contribution in [3.8, 4) is 17.2 Å². The Kier molecular flexibility index (Phi) is 3.93. The van der Waals surface area contributed by atoms with Crippen LogP contribution in [0.1, 0.15) is 0 Å². The molecule has 0 aliphatic carbocycles. The minimum atomic E-state index is -2.40. The average Bonchev–Trinajstić information content (AvgIpc) is 2.26. The van der Waals surface area contributed by atoms with Crippen LogP contribution >= 0.6 is 0 Å². The minimum Gasteiger partial charge on any atom is -0.768 e. The molecule has 5 nitrogen and oxygen atoms in total. The highest BCUT2D eigenvalue weighted by molar-refractivity contribution is 7.79. The van der Waals surface area contributed by atoms with E-state index in [9.17, 15) is 8.76 Å². The van der Waals surface area contributed by atoms with Crippen molar-refractivity contribution in [1.82, 2.24) is 0 Å². The Morgan fingerprint density at radius 1 is 1.13 bits per heavy atom. The van der Waals surface area contributed by atoms with Gasteiger partial charge >= 0.3 is 0 Å². The lowest BCUT2D eigenvalue weighted by Gasteiger charge is -2.15. The van der Waals surface area contributed by atoms with Gasteiger partial charge in [-0.2, -0.15) is 0 Å². The number of methoxy groups -OCH3 is 3. The number of hydrogen-bond acceptors (Lipinski definition) is 5. The van der Waals surface area contributed by atoms with Gasteiger partial charge in [0, 0.05) is 6.07 Å². The summed E-state index contributed by atoms with van der Waals surface area (Å²) in [5, 5.41) is 0. The van der Waals surface area contributed by atoms with Gasteiger partial charge in [-0.1, -0.05) is 0 Å². The van der Waals surface area contributed by atoms with Gasteiger partial charge in [0.05, 0.1) is 26.2 Å². The molecule has 0 fully saturated rings. The van der Waals surface area contributed by atoms with Gasteiger partial charge in [-0.15, -0.1) is 0 Å². The van der Waals surface area contributed by atoms with Crippen LogP contribution in [-0.2, 0) is 11.1 Å². The molecule has 1 aromatic rings. The molecule has 1 aromatic carbocycles. The second-order valence-electron chi connectivity index (χ2n) is 2.60. The van der Waals surface area contributed by atoms with E-state index in [1.165, 1.54) is 27.4 Å². The first-order valence-corrected chi connectivity index (χ1v) is 5.10. The van der Waals surface area contributed by atoms with Crippen molar-refractivity contribution in [3.05, 3.63) is 12.1 Å². The van der Waals surface area contributed by atoms with Crippen molar-refractivity contribution in [3.63, 3.8) is 0 Å². The van der Waals surface area contributed by atoms with Crippen LogP contribution in [-0.4, -0.2) is 30.1 Å². The van der Waals surface area contributed by atoms with Gasteiger partial charge in [0.2, 0.25) is 0 Å². The molecule has 0 spiro atoms. The predicted octanol–water partition coefficient (Wildman–Crippen LogP) is 0.950. The Morgan fingerprint density at radius 3 is 2.20 bits per heavy atom. The summed E-state index contributed by atoms with van der Waals surface area (Å²) in [5.41, 5.74) is 0. The maximum absolute atomic E-state index is 10.9. The standard InChI is InChI=1S/C9H12O5S/c1-12-6-4-7(13-2)9(14-3)8(5-6)15(10)11/h4-5H,1-3H3,(H,10,11)/p-1. The normalized spacial score (nSPS) is 12.0. The zero-order valence-electron chi connectivity index (χ0n) is 8.60. The molecule has 1 unspecified atom stereocenters. The maximum atomic E-state index is 10.9. The minimum absolute atomic E-state index is 0.00806. The van der Waals surface area contributed by atoms with Crippen molar-refractivity contribution in [2.75, 3.05) is 21.3 Å². The summed E-state index contributed by atoms with van der Waals surface area (Å²) in [6.07, 6.45) is 0. The summed E-state index contributed by atoms with van der Waals surface area (Å²) in [6, 6.07) is 2.92. The van der Waals surface area contributed by atoms with Crippen molar-refractivity contribution in [2.24, 2.45) is 0 Å². The van der Waals surface area contributed by atoms with E-state index in [-0.39, 0.29) is 10.6 Å². The molecule has 15 heavy (non-hydrogen) atoms. The summed E-state index contributed by atoms with van der Waals surface area (Å²) in [4.78, 5) is 0.00806. The molecule has 0 saturated carbocycles. The van der Waals surface area contributed by atoms with Crippen LogP contribution in [0.5, 0.6) is 17.2 Å². The first-order chi connectivity index (χ1) is 7.13. The monoisotopic (exact) mass is 231 g/mol. The summed E-state index contributed by atoms with van der Waals surface area (Å²) in [6.45, 7) is 0. The second-order valence-corrected chi connectivity index (χ2v) is 3.50. The summed E-state index contributed by atoms with van der Waals surface area (Å²) >= 11 is -2.40. The summed E-state index contributed by atoms with van der Waals surface area (Å²) < 4.78 is 36.7. The zero-order valence-corrected chi connectivity index (χ0v) is 9.42. The predicted molar refractivity (Wildman–Crippen MR) is 53.3 cm³/mol. The van der Waals surface area contributed by atoms with E-state index in [1.54, 1.807) is 6.07 Å². The Bertz CT molecular complexity index is 377. The van der Waals surface area contributed by atoms with Gasteiger partial charge in [0.15, 0.2) is 11.5 Å². The van der Waals surface area contributed by atoms with Crippen LogP contribution < -0.4 is 14.2 Å². The molecule has 0 aromatic heterocycles. The van der Waals surface area contributed by atoms with E-state index in [0.29, 0.717) is 11.5 Å². The molecule has 84 valence electrons. The van der Waals surface area contributed by atoms with Crippen molar-refractivity contribution < 1.29 is 23.0 Å². The Hall–Kier alpha value is -1.27. The number of ether oxygens (including phenoxy) is 3. The molecule has 0 aliphatic rings. The first kappa shape index (κ1) is 11.8. The largest absolute Gasteiger partial charge is 0.768 e. The topological polar surface area (TPSA) is 67.8 Å². The van der Waals surface area contributed by atoms with Crippen molar-refractivity contribution >= 4 is 11.1 Å². The highest BCUT2D eigenvalue weighted by Crippen LogP contribution is 2.36. The van der Waals surface area contributed by atoms with Gasteiger partial charge in [-0.05, 0) is 17.1 Å². The van der Waals surface area contributed by atoms with Gasteiger partial charge in [0.25, 0.3) is 0 Å². The lowest BCUT2D eigenvalue weighted by atomic mass is 10.3. The Labute approximate surface area is 90.2 Å². The fourth-order valence-corrected chi connectivity index (χ4v) is 1.69. The molecule has 0 aliphatic heterocycles. The average molecular weight is 231 g/mol.